The summed E-state index contributed by atoms with van der Waals surface area (Å²) in [5, 5.41) is 12.3. The number of guanidine groups is 1. The van der Waals surface area contributed by atoms with Crippen molar-refractivity contribution in [2.24, 2.45) is 10.9 Å². The summed E-state index contributed by atoms with van der Waals surface area (Å²) in [7, 11) is 0. The Kier molecular flexibility index (Phi) is 10.2. The normalized spacial score (nSPS) is 23.9. The zero-order chi connectivity index (χ0) is 32.7. The van der Waals surface area contributed by atoms with Crippen LogP contribution in [-0.4, -0.2) is 59.6 Å². The number of nitrogens with one attached hydrogen (secondary N) is 1. The van der Waals surface area contributed by atoms with Gasteiger partial charge in [-0.1, -0.05) is 67.0 Å². The zero-order valence-electron chi connectivity index (χ0n) is 25.6. The highest BCUT2D eigenvalue weighted by molar-refractivity contribution is 5.97. The Bertz CT molecular complexity index is 1630. The molecule has 0 saturated heterocycles. The average Bonchev–Trinajstić information content (AvgIpc) is 3.27. The van der Waals surface area contributed by atoms with Crippen LogP contribution in [0.3, 0.4) is 0 Å². The second-order valence-electron chi connectivity index (χ2n) is 11.6. The van der Waals surface area contributed by atoms with E-state index in [0.29, 0.717) is 48.8 Å². The van der Waals surface area contributed by atoms with Crippen molar-refractivity contribution in [1.82, 2.24) is 15.1 Å². The van der Waals surface area contributed by atoms with Gasteiger partial charge in [0.15, 0.2) is 11.8 Å². The molecule has 1 N–H and O–H groups in total. The molecule has 0 aromatic heterocycles. The van der Waals surface area contributed by atoms with Crippen molar-refractivity contribution in [3.05, 3.63) is 107 Å². The molecule has 46 heavy (non-hydrogen) atoms. The minimum absolute atomic E-state index is 0.0134. The summed E-state index contributed by atoms with van der Waals surface area (Å²) in [6, 6.07) is 8.01. The van der Waals surface area contributed by atoms with Gasteiger partial charge in [0.05, 0.1) is 36.3 Å². The van der Waals surface area contributed by atoms with Gasteiger partial charge < -0.3 is 15.0 Å². The van der Waals surface area contributed by atoms with Gasteiger partial charge in [0, 0.05) is 12.1 Å². The highest BCUT2D eigenvalue weighted by Crippen LogP contribution is 2.34. The first-order valence-corrected chi connectivity index (χ1v) is 15.4. The molecule has 3 heterocycles. The number of nitrogens with zero attached hydrogens (tertiary/aromatic N) is 4. The van der Waals surface area contributed by atoms with Crippen LogP contribution in [0, 0.1) is 29.6 Å². The number of terminal acetylenes is 1. The monoisotopic (exact) mass is 627 g/mol. The molecular formula is C36H36F3N5O2. The molecule has 7 nitrogen and oxygen atoms in total. The van der Waals surface area contributed by atoms with E-state index in [-0.39, 0.29) is 37.6 Å². The lowest BCUT2D eigenvalue weighted by Crippen LogP contribution is -2.51. The largest absolute Gasteiger partial charge is 0.474 e. The molecule has 3 aliphatic heterocycles. The van der Waals surface area contributed by atoms with Crippen LogP contribution in [-0.2, 0) is 16.1 Å². The van der Waals surface area contributed by atoms with Gasteiger partial charge in [-0.15, -0.1) is 6.42 Å². The smallest absolute Gasteiger partial charge is 0.416 e. The van der Waals surface area contributed by atoms with Gasteiger partial charge in [-0.05, 0) is 61.4 Å². The van der Waals surface area contributed by atoms with Crippen molar-refractivity contribution in [2.75, 3.05) is 19.6 Å². The number of rotatable bonds is 4. The number of aliphatic imine (C=N–C) groups is 1. The molecule has 0 spiro atoms. The Morgan fingerprint density at radius 2 is 2.09 bits per heavy atom. The van der Waals surface area contributed by atoms with Gasteiger partial charge in [0.1, 0.15) is 12.6 Å². The van der Waals surface area contributed by atoms with E-state index < -0.39 is 17.8 Å². The quantitative estimate of drug-likeness (QED) is 0.410. The van der Waals surface area contributed by atoms with Crippen molar-refractivity contribution in [3.8, 4) is 18.4 Å². The number of hydrogen-bond donors (Lipinski definition) is 1. The van der Waals surface area contributed by atoms with Crippen LogP contribution in [0.5, 0.6) is 0 Å². The van der Waals surface area contributed by atoms with E-state index in [9.17, 15) is 23.2 Å². The van der Waals surface area contributed by atoms with E-state index in [1.165, 1.54) is 6.08 Å². The van der Waals surface area contributed by atoms with Crippen LogP contribution in [0.25, 0.3) is 0 Å². The summed E-state index contributed by atoms with van der Waals surface area (Å²) in [4.78, 5) is 22.8. The predicted octanol–water partition coefficient (Wildman–Crippen LogP) is 6.07. The molecule has 3 unspecified atom stereocenters. The van der Waals surface area contributed by atoms with E-state index in [0.717, 1.165) is 29.7 Å². The Morgan fingerprint density at radius 1 is 1.24 bits per heavy atom. The number of allylic oxidation sites excluding steroid dienone is 6. The number of amides is 1. The van der Waals surface area contributed by atoms with Gasteiger partial charge in [-0.3, -0.25) is 9.69 Å². The molecule has 1 amide bonds. The maximum absolute atomic E-state index is 14.7. The highest BCUT2D eigenvalue weighted by atomic mass is 19.4. The van der Waals surface area contributed by atoms with Crippen molar-refractivity contribution < 1.29 is 22.7 Å². The molecule has 1 aromatic carbocycles. The van der Waals surface area contributed by atoms with Gasteiger partial charge in [-0.25, -0.2) is 4.99 Å². The van der Waals surface area contributed by atoms with E-state index in [1.54, 1.807) is 23.1 Å². The van der Waals surface area contributed by atoms with Gasteiger partial charge in [0.25, 0.3) is 5.91 Å². The van der Waals surface area contributed by atoms with Crippen LogP contribution in [0.1, 0.15) is 43.7 Å². The molecule has 1 aliphatic carbocycles. The van der Waals surface area contributed by atoms with Crippen molar-refractivity contribution in [2.45, 2.75) is 57.5 Å². The number of ether oxygens (including phenoxy) is 1. The standard InChI is InChI=1S/C36H36F3N5O2/c1-3-29-21-28(36(37,38)39)12-9-18-41-35(42-29)43-19-17-31-25(2)15-16-33(46-24-27-11-8-10-26(20-27)22-40)44(34(45)32(31)23-43)30-13-6-4-5-7-14-30/h1,4-6,8-13,16,20-21,25,29-30H,7,14-15,17-19,23-24H2,2H3,(H,41,42). The van der Waals surface area contributed by atoms with Crippen LogP contribution < -0.4 is 5.32 Å². The maximum atomic E-state index is 14.7. The number of nitriles is 1. The molecule has 0 saturated carbocycles. The molecule has 4 aliphatic rings. The Hall–Kier alpha value is -4.96. The lowest BCUT2D eigenvalue weighted by atomic mass is 9.86. The third-order valence-corrected chi connectivity index (χ3v) is 8.41. The molecule has 0 fully saturated rings. The maximum Gasteiger partial charge on any atom is 0.416 e. The third-order valence-electron chi connectivity index (χ3n) is 8.41. The van der Waals surface area contributed by atoms with Crippen molar-refractivity contribution in [3.63, 3.8) is 0 Å². The fourth-order valence-corrected chi connectivity index (χ4v) is 6.00. The highest BCUT2D eigenvalue weighted by Gasteiger charge is 2.37. The van der Waals surface area contributed by atoms with Gasteiger partial charge in [-0.2, -0.15) is 18.4 Å². The molecule has 5 rings (SSSR count). The first-order chi connectivity index (χ1) is 22.2. The zero-order valence-corrected chi connectivity index (χ0v) is 25.6. The summed E-state index contributed by atoms with van der Waals surface area (Å²) in [6.07, 6.45) is 17.1. The van der Waals surface area contributed by atoms with Crippen LogP contribution in [0.15, 0.2) is 100 Å². The number of alkyl halides is 3. The van der Waals surface area contributed by atoms with Gasteiger partial charge >= 0.3 is 6.18 Å². The fourth-order valence-electron chi connectivity index (χ4n) is 6.00. The van der Waals surface area contributed by atoms with E-state index in [2.05, 4.69) is 35.3 Å². The number of hydrogen-bond acceptors (Lipinski definition) is 6. The van der Waals surface area contributed by atoms with Crippen molar-refractivity contribution >= 4 is 11.9 Å². The van der Waals surface area contributed by atoms with E-state index in [4.69, 9.17) is 11.2 Å². The Morgan fingerprint density at radius 3 is 2.87 bits per heavy atom. The summed E-state index contributed by atoms with van der Waals surface area (Å²) < 4.78 is 47.1. The number of benzene rings is 1. The lowest BCUT2D eigenvalue weighted by Gasteiger charge is -2.40. The summed E-state index contributed by atoms with van der Waals surface area (Å²) in [6.45, 7) is 3.02. The molecular weight excluding hydrogens is 591 g/mol. The third kappa shape index (κ3) is 7.63. The molecule has 238 valence electrons. The molecule has 1 aromatic rings. The molecule has 3 atom stereocenters. The first-order valence-electron chi connectivity index (χ1n) is 15.4. The minimum atomic E-state index is -4.55. The summed E-state index contributed by atoms with van der Waals surface area (Å²) >= 11 is 0. The second kappa shape index (κ2) is 14.4. The Labute approximate surface area is 267 Å². The first kappa shape index (κ1) is 32.4. The summed E-state index contributed by atoms with van der Waals surface area (Å²) in [5.74, 6) is 3.06. The van der Waals surface area contributed by atoms with Crippen LogP contribution in [0.4, 0.5) is 13.2 Å². The SMILES string of the molecule is C#CC1C=C(C(F)(F)F)C=CCN=C(N2CCC3=C(C2)C(=O)N(C2C=CC=CCC2)C(OCc2cccc(C#N)c2)=CCC3C)N1. The lowest BCUT2D eigenvalue weighted by molar-refractivity contribution is -0.130. The topological polar surface area (TPSA) is 81.0 Å². The second-order valence-corrected chi connectivity index (χ2v) is 11.6. The summed E-state index contributed by atoms with van der Waals surface area (Å²) in [5.41, 5.74) is 2.17. The van der Waals surface area contributed by atoms with E-state index >= 15 is 0 Å². The fraction of sp³-hybridized carbons (Fsp3) is 0.361. The Balaban J connectivity index is 1.45. The number of carbonyl (C=O) groups is 1. The van der Waals surface area contributed by atoms with Crippen LogP contribution in [0.2, 0.25) is 0 Å². The van der Waals surface area contributed by atoms with Crippen molar-refractivity contribution in [1.29, 1.82) is 5.26 Å². The van der Waals surface area contributed by atoms with Gasteiger partial charge in [0.2, 0.25) is 0 Å². The van der Waals surface area contributed by atoms with Crippen LogP contribution >= 0.6 is 0 Å². The number of halogens is 3. The predicted molar refractivity (Wildman–Crippen MR) is 171 cm³/mol. The molecule has 0 radical (unpaired) electrons. The molecule has 10 heteroatoms. The molecule has 0 bridgehead atoms. The van der Waals surface area contributed by atoms with E-state index in [1.807, 2.05) is 35.3 Å². The minimum Gasteiger partial charge on any atom is -0.474 e. The number of carbonyl (C=O) groups excluding carboxylic acids is 1. The average molecular weight is 628 g/mol.